The number of halogens is 1. The van der Waals surface area contributed by atoms with Crippen LogP contribution < -0.4 is 5.32 Å². The van der Waals surface area contributed by atoms with Gasteiger partial charge in [0.1, 0.15) is 4.60 Å². The molecular weight excluding hydrogens is 200 g/mol. The van der Waals surface area contributed by atoms with Crippen LogP contribution in [0.25, 0.3) is 0 Å². The Balaban J connectivity index is 2.85. The molecule has 0 unspecified atom stereocenters. The first kappa shape index (κ1) is 7.27. The lowest BCUT2D eigenvalue weighted by Crippen LogP contribution is -2.16. The molecule has 4 nitrogen and oxygen atoms in total. The highest BCUT2D eigenvalue weighted by atomic mass is 79.9. The maximum Gasteiger partial charge on any atom is 0.289 e. The van der Waals surface area contributed by atoms with Crippen molar-refractivity contribution >= 4 is 21.8 Å². The van der Waals surface area contributed by atoms with E-state index in [9.17, 15) is 4.79 Å². The van der Waals surface area contributed by atoms with Gasteiger partial charge in [-0.1, -0.05) is 5.16 Å². The highest BCUT2D eigenvalue weighted by molar-refractivity contribution is 9.10. The molecule has 1 rings (SSSR count). The van der Waals surface area contributed by atoms with Crippen molar-refractivity contribution in [1.29, 1.82) is 0 Å². The van der Waals surface area contributed by atoms with Gasteiger partial charge in [-0.25, -0.2) is 0 Å². The van der Waals surface area contributed by atoms with Crippen LogP contribution in [-0.4, -0.2) is 18.1 Å². The van der Waals surface area contributed by atoms with E-state index in [-0.39, 0.29) is 11.7 Å². The van der Waals surface area contributed by atoms with E-state index in [1.165, 1.54) is 13.1 Å². The molecule has 0 radical (unpaired) electrons. The molecule has 1 aromatic heterocycles. The Labute approximate surface area is 65.7 Å². The summed E-state index contributed by atoms with van der Waals surface area (Å²) in [6.45, 7) is 0. The summed E-state index contributed by atoms with van der Waals surface area (Å²) in [6, 6.07) is 1.50. The number of aromatic nitrogens is 1. The number of nitrogens with zero attached hydrogens (tertiary/aromatic N) is 1. The van der Waals surface area contributed by atoms with Crippen molar-refractivity contribution in [3.8, 4) is 0 Å². The first-order valence-corrected chi connectivity index (χ1v) is 3.37. The van der Waals surface area contributed by atoms with Gasteiger partial charge in [0.05, 0.1) is 0 Å². The third-order valence-corrected chi connectivity index (χ3v) is 1.31. The van der Waals surface area contributed by atoms with Crippen molar-refractivity contribution in [3.63, 3.8) is 0 Å². The van der Waals surface area contributed by atoms with Gasteiger partial charge in [-0.3, -0.25) is 4.79 Å². The van der Waals surface area contributed by atoms with E-state index in [1.54, 1.807) is 0 Å². The summed E-state index contributed by atoms with van der Waals surface area (Å²) in [5, 5.41) is 5.87. The average Bonchev–Trinajstić information content (AvgIpc) is 2.34. The molecular formula is C5H5BrN2O2. The first-order valence-electron chi connectivity index (χ1n) is 2.58. The minimum atomic E-state index is -0.279. The SMILES string of the molecule is CNC(=O)c1cc(Br)no1. The summed E-state index contributed by atoms with van der Waals surface area (Å²) >= 11 is 3.04. The molecule has 0 saturated heterocycles. The molecule has 0 fully saturated rings. The van der Waals surface area contributed by atoms with Gasteiger partial charge in [-0.05, 0) is 15.9 Å². The van der Waals surface area contributed by atoms with E-state index in [4.69, 9.17) is 0 Å². The van der Waals surface area contributed by atoms with Crippen molar-refractivity contribution in [3.05, 3.63) is 16.4 Å². The summed E-state index contributed by atoms with van der Waals surface area (Å²) < 4.78 is 5.13. The number of amides is 1. The predicted molar refractivity (Wildman–Crippen MR) is 37.6 cm³/mol. The minimum Gasteiger partial charge on any atom is -0.352 e. The van der Waals surface area contributed by atoms with Crippen LogP contribution in [0.15, 0.2) is 15.2 Å². The minimum absolute atomic E-state index is 0.203. The Morgan fingerprint density at radius 3 is 3.00 bits per heavy atom. The van der Waals surface area contributed by atoms with E-state index in [0.717, 1.165) is 0 Å². The quantitative estimate of drug-likeness (QED) is 0.737. The molecule has 1 heterocycles. The number of carbonyl (C=O) groups is 1. The van der Waals surface area contributed by atoms with Crippen molar-refractivity contribution in [2.45, 2.75) is 0 Å². The van der Waals surface area contributed by atoms with E-state index < -0.39 is 0 Å². The smallest absolute Gasteiger partial charge is 0.289 e. The Hall–Kier alpha value is -0.840. The van der Waals surface area contributed by atoms with Gasteiger partial charge >= 0.3 is 0 Å². The summed E-state index contributed by atoms with van der Waals surface area (Å²) in [4.78, 5) is 10.8. The maximum absolute atomic E-state index is 10.8. The summed E-state index contributed by atoms with van der Waals surface area (Å²) in [7, 11) is 1.53. The Morgan fingerprint density at radius 1 is 1.90 bits per heavy atom. The normalized spacial score (nSPS) is 9.40. The van der Waals surface area contributed by atoms with E-state index in [1.807, 2.05) is 0 Å². The highest BCUT2D eigenvalue weighted by Crippen LogP contribution is 2.08. The fourth-order valence-corrected chi connectivity index (χ4v) is 0.764. The van der Waals surface area contributed by atoms with Gasteiger partial charge in [0.15, 0.2) is 0 Å². The molecule has 0 atom stereocenters. The van der Waals surface area contributed by atoms with Crippen molar-refractivity contribution < 1.29 is 9.32 Å². The largest absolute Gasteiger partial charge is 0.352 e. The first-order chi connectivity index (χ1) is 4.74. The predicted octanol–water partition coefficient (Wildman–Crippen LogP) is 0.797. The standard InChI is InChI=1S/C5H5BrN2O2/c1-7-5(9)3-2-4(6)8-10-3/h2H,1H3,(H,7,9). The third kappa shape index (κ3) is 1.36. The molecule has 1 aromatic rings. The van der Waals surface area contributed by atoms with Gasteiger partial charge in [-0.15, -0.1) is 0 Å². The van der Waals surface area contributed by atoms with Crippen LogP contribution in [0.5, 0.6) is 0 Å². The summed E-state index contributed by atoms with van der Waals surface area (Å²) in [6.07, 6.45) is 0. The second-order valence-electron chi connectivity index (χ2n) is 1.59. The Bertz CT molecular complexity index is 246. The van der Waals surface area contributed by atoms with Crippen molar-refractivity contribution in [1.82, 2.24) is 10.5 Å². The molecule has 0 aromatic carbocycles. The highest BCUT2D eigenvalue weighted by Gasteiger charge is 2.08. The number of hydrogen-bond acceptors (Lipinski definition) is 3. The van der Waals surface area contributed by atoms with Crippen molar-refractivity contribution in [2.24, 2.45) is 0 Å². The number of rotatable bonds is 1. The monoisotopic (exact) mass is 204 g/mol. The van der Waals surface area contributed by atoms with Gasteiger partial charge < -0.3 is 9.84 Å². The van der Waals surface area contributed by atoms with Gasteiger partial charge in [0.25, 0.3) is 5.91 Å². The number of nitrogens with one attached hydrogen (secondary N) is 1. The molecule has 1 N–H and O–H groups in total. The zero-order chi connectivity index (χ0) is 7.56. The second-order valence-corrected chi connectivity index (χ2v) is 2.41. The molecule has 1 amide bonds. The molecule has 54 valence electrons. The van der Waals surface area contributed by atoms with Gasteiger partial charge in [-0.2, -0.15) is 0 Å². The molecule has 0 spiro atoms. The van der Waals surface area contributed by atoms with Crippen LogP contribution in [-0.2, 0) is 0 Å². The summed E-state index contributed by atoms with van der Waals surface area (Å²) in [5.41, 5.74) is 0. The van der Waals surface area contributed by atoms with Crippen LogP contribution in [0.4, 0.5) is 0 Å². The summed E-state index contributed by atoms with van der Waals surface area (Å²) in [5.74, 6) is -0.0763. The number of hydrogen-bond donors (Lipinski definition) is 1. The molecule has 10 heavy (non-hydrogen) atoms. The average molecular weight is 205 g/mol. The lowest BCUT2D eigenvalue weighted by atomic mass is 10.4. The van der Waals surface area contributed by atoms with Crippen LogP contribution in [0.3, 0.4) is 0 Å². The molecule has 0 aliphatic carbocycles. The topological polar surface area (TPSA) is 55.1 Å². The Kier molecular flexibility index (Phi) is 2.06. The number of carbonyl (C=O) groups excluding carboxylic acids is 1. The lowest BCUT2D eigenvalue weighted by molar-refractivity contribution is 0.0926. The lowest BCUT2D eigenvalue weighted by Gasteiger charge is -1.88. The van der Waals surface area contributed by atoms with Crippen LogP contribution in [0.1, 0.15) is 10.6 Å². The fourth-order valence-electron chi connectivity index (χ4n) is 0.484. The Morgan fingerprint density at radius 2 is 2.60 bits per heavy atom. The van der Waals surface area contributed by atoms with E-state index in [2.05, 4.69) is 30.9 Å². The van der Waals surface area contributed by atoms with Crippen LogP contribution >= 0.6 is 15.9 Å². The zero-order valence-electron chi connectivity index (χ0n) is 5.22. The van der Waals surface area contributed by atoms with Crippen molar-refractivity contribution in [2.75, 3.05) is 7.05 Å². The van der Waals surface area contributed by atoms with E-state index in [0.29, 0.717) is 4.60 Å². The molecule has 0 aliphatic rings. The molecule has 0 bridgehead atoms. The van der Waals surface area contributed by atoms with Gasteiger partial charge in [0.2, 0.25) is 5.76 Å². The van der Waals surface area contributed by atoms with Crippen LogP contribution in [0, 0.1) is 0 Å². The van der Waals surface area contributed by atoms with Gasteiger partial charge in [0, 0.05) is 13.1 Å². The molecule has 0 saturated carbocycles. The van der Waals surface area contributed by atoms with E-state index >= 15 is 0 Å². The zero-order valence-corrected chi connectivity index (χ0v) is 6.81. The maximum atomic E-state index is 10.8. The molecule has 0 aliphatic heterocycles. The molecule has 5 heteroatoms. The fraction of sp³-hybridized carbons (Fsp3) is 0.200. The van der Waals surface area contributed by atoms with Crippen LogP contribution in [0.2, 0.25) is 0 Å². The third-order valence-electron chi connectivity index (χ3n) is 0.932. The second kappa shape index (κ2) is 2.83.